The number of carbonyl (C=O) groups is 1. The van der Waals surface area contributed by atoms with Crippen LogP contribution in [0.1, 0.15) is 33.1 Å². The second kappa shape index (κ2) is 6.16. The topological polar surface area (TPSA) is 55.1 Å². The third kappa shape index (κ3) is 4.79. The third-order valence-electron chi connectivity index (χ3n) is 1.64. The number of unbranched alkanes of at least 4 members (excludes halogenated alkanes) is 1. The van der Waals surface area contributed by atoms with Gasteiger partial charge in [-0.05, 0) is 13.0 Å². The number of primary amides is 1. The molecule has 3 heteroatoms. The Hall–Kier alpha value is -0.570. The molecule has 1 unspecified atom stereocenters. The van der Waals surface area contributed by atoms with Gasteiger partial charge >= 0.3 is 0 Å². The lowest BCUT2D eigenvalue weighted by atomic mass is 10.1. The van der Waals surface area contributed by atoms with E-state index in [0.717, 1.165) is 25.8 Å². The minimum Gasteiger partial charge on any atom is -0.368 e. The van der Waals surface area contributed by atoms with Crippen LogP contribution in [-0.4, -0.2) is 18.5 Å². The zero-order valence-electron chi connectivity index (χ0n) is 7.39. The van der Waals surface area contributed by atoms with Gasteiger partial charge in [0.05, 0.1) is 6.04 Å². The van der Waals surface area contributed by atoms with Crippen LogP contribution in [0.4, 0.5) is 0 Å². The van der Waals surface area contributed by atoms with Crippen LogP contribution in [-0.2, 0) is 4.79 Å². The van der Waals surface area contributed by atoms with Gasteiger partial charge in [-0.3, -0.25) is 4.79 Å². The molecule has 0 spiro atoms. The maximum atomic E-state index is 10.8. The van der Waals surface area contributed by atoms with Crippen molar-refractivity contribution in [1.82, 2.24) is 5.32 Å². The molecule has 0 fully saturated rings. The van der Waals surface area contributed by atoms with Crippen LogP contribution < -0.4 is 11.1 Å². The van der Waals surface area contributed by atoms with Crippen molar-refractivity contribution in [3.8, 4) is 0 Å². The Morgan fingerprint density at radius 3 is 2.55 bits per heavy atom. The first kappa shape index (κ1) is 10.4. The van der Waals surface area contributed by atoms with Gasteiger partial charge in [-0.1, -0.05) is 26.7 Å². The summed E-state index contributed by atoms with van der Waals surface area (Å²) in [6.45, 7) is 4.88. The van der Waals surface area contributed by atoms with Crippen molar-refractivity contribution < 1.29 is 4.79 Å². The van der Waals surface area contributed by atoms with E-state index in [1.807, 2.05) is 6.92 Å². The van der Waals surface area contributed by atoms with Crippen molar-refractivity contribution in [3.63, 3.8) is 0 Å². The van der Waals surface area contributed by atoms with Crippen molar-refractivity contribution in [2.24, 2.45) is 5.73 Å². The summed E-state index contributed by atoms with van der Waals surface area (Å²) in [4.78, 5) is 10.8. The molecule has 0 saturated carbocycles. The number of carbonyl (C=O) groups excluding carboxylic acids is 1. The SMILES string of the molecule is CCCCC(NCC)C(N)=O. The summed E-state index contributed by atoms with van der Waals surface area (Å²) >= 11 is 0. The van der Waals surface area contributed by atoms with Crippen LogP contribution in [0.3, 0.4) is 0 Å². The number of nitrogens with two attached hydrogens (primary N) is 1. The zero-order valence-corrected chi connectivity index (χ0v) is 7.39. The van der Waals surface area contributed by atoms with Gasteiger partial charge in [0.1, 0.15) is 0 Å². The average molecular weight is 158 g/mol. The van der Waals surface area contributed by atoms with E-state index in [0.29, 0.717) is 0 Å². The van der Waals surface area contributed by atoms with Gasteiger partial charge < -0.3 is 11.1 Å². The largest absolute Gasteiger partial charge is 0.368 e. The van der Waals surface area contributed by atoms with Crippen LogP contribution >= 0.6 is 0 Å². The lowest BCUT2D eigenvalue weighted by Crippen LogP contribution is -2.40. The van der Waals surface area contributed by atoms with E-state index in [9.17, 15) is 4.79 Å². The smallest absolute Gasteiger partial charge is 0.234 e. The molecular formula is C8H18N2O. The highest BCUT2D eigenvalue weighted by Crippen LogP contribution is 1.99. The van der Waals surface area contributed by atoms with Gasteiger partial charge in [-0.15, -0.1) is 0 Å². The predicted octanol–water partition coefficient (Wildman–Crippen LogP) is 0.640. The van der Waals surface area contributed by atoms with E-state index >= 15 is 0 Å². The lowest BCUT2D eigenvalue weighted by Gasteiger charge is -2.12. The minimum atomic E-state index is -0.236. The molecule has 0 heterocycles. The first-order valence-corrected chi connectivity index (χ1v) is 4.25. The first-order valence-electron chi connectivity index (χ1n) is 4.25. The highest BCUT2D eigenvalue weighted by Gasteiger charge is 2.11. The number of nitrogens with one attached hydrogen (secondary N) is 1. The van der Waals surface area contributed by atoms with Crippen LogP contribution in [0.2, 0.25) is 0 Å². The standard InChI is InChI=1S/C8H18N2O/c1-3-5-6-7(8(9)11)10-4-2/h7,10H,3-6H2,1-2H3,(H2,9,11). The fourth-order valence-corrected chi connectivity index (χ4v) is 1.000. The molecule has 0 aliphatic heterocycles. The third-order valence-corrected chi connectivity index (χ3v) is 1.64. The summed E-state index contributed by atoms with van der Waals surface area (Å²) in [6.07, 6.45) is 3.02. The van der Waals surface area contributed by atoms with Gasteiger partial charge in [0.15, 0.2) is 0 Å². The number of likely N-dealkylation sites (N-methyl/N-ethyl adjacent to an activating group) is 1. The summed E-state index contributed by atoms with van der Waals surface area (Å²) < 4.78 is 0. The van der Waals surface area contributed by atoms with Crippen molar-refractivity contribution in [3.05, 3.63) is 0 Å². The molecule has 0 aromatic carbocycles. The molecule has 0 aliphatic rings. The maximum Gasteiger partial charge on any atom is 0.234 e. The molecule has 66 valence electrons. The average Bonchev–Trinajstić information content (AvgIpc) is 1.97. The van der Waals surface area contributed by atoms with Crippen molar-refractivity contribution in [1.29, 1.82) is 0 Å². The second-order valence-electron chi connectivity index (χ2n) is 2.65. The van der Waals surface area contributed by atoms with Crippen molar-refractivity contribution >= 4 is 5.91 Å². The molecule has 0 aromatic heterocycles. The monoisotopic (exact) mass is 158 g/mol. The number of rotatable bonds is 6. The van der Waals surface area contributed by atoms with Gasteiger partial charge in [0.2, 0.25) is 5.91 Å². The van der Waals surface area contributed by atoms with Crippen LogP contribution in [0.25, 0.3) is 0 Å². The summed E-state index contributed by atoms with van der Waals surface area (Å²) in [6, 6.07) is -0.125. The molecule has 3 N–H and O–H groups in total. The van der Waals surface area contributed by atoms with Crippen LogP contribution in [0, 0.1) is 0 Å². The molecule has 11 heavy (non-hydrogen) atoms. The molecule has 1 amide bonds. The van der Waals surface area contributed by atoms with E-state index in [2.05, 4.69) is 12.2 Å². The number of amides is 1. The van der Waals surface area contributed by atoms with Crippen LogP contribution in [0.15, 0.2) is 0 Å². The Kier molecular flexibility index (Phi) is 5.84. The number of hydrogen-bond acceptors (Lipinski definition) is 2. The van der Waals surface area contributed by atoms with Gasteiger partial charge in [-0.25, -0.2) is 0 Å². The molecule has 0 saturated heterocycles. The van der Waals surface area contributed by atoms with E-state index in [1.54, 1.807) is 0 Å². The Balaban J connectivity index is 3.60. The zero-order chi connectivity index (χ0) is 8.69. The van der Waals surface area contributed by atoms with Crippen LogP contribution in [0.5, 0.6) is 0 Å². The normalized spacial score (nSPS) is 12.9. The Morgan fingerprint density at radius 1 is 1.55 bits per heavy atom. The quantitative estimate of drug-likeness (QED) is 0.596. The Labute approximate surface area is 68.3 Å². The first-order chi connectivity index (χ1) is 5.22. The Bertz CT molecular complexity index is 115. The molecular weight excluding hydrogens is 140 g/mol. The molecule has 0 rings (SSSR count). The van der Waals surface area contributed by atoms with E-state index in [4.69, 9.17) is 5.73 Å². The molecule has 0 aromatic rings. The van der Waals surface area contributed by atoms with E-state index < -0.39 is 0 Å². The fraction of sp³-hybridized carbons (Fsp3) is 0.875. The minimum absolute atomic E-state index is 0.125. The molecule has 0 radical (unpaired) electrons. The molecule has 0 aliphatic carbocycles. The summed E-state index contributed by atoms with van der Waals surface area (Å²) in [7, 11) is 0. The summed E-state index contributed by atoms with van der Waals surface area (Å²) in [5.41, 5.74) is 5.16. The van der Waals surface area contributed by atoms with Crippen molar-refractivity contribution in [2.45, 2.75) is 39.2 Å². The fourth-order valence-electron chi connectivity index (χ4n) is 1.000. The van der Waals surface area contributed by atoms with Gasteiger partial charge in [0, 0.05) is 0 Å². The Morgan fingerprint density at radius 2 is 2.18 bits per heavy atom. The maximum absolute atomic E-state index is 10.8. The highest BCUT2D eigenvalue weighted by atomic mass is 16.1. The molecule has 0 bridgehead atoms. The van der Waals surface area contributed by atoms with Crippen molar-refractivity contribution in [2.75, 3.05) is 6.54 Å². The van der Waals surface area contributed by atoms with Gasteiger partial charge in [-0.2, -0.15) is 0 Å². The van der Waals surface area contributed by atoms with E-state index in [1.165, 1.54) is 0 Å². The van der Waals surface area contributed by atoms with E-state index in [-0.39, 0.29) is 11.9 Å². The highest BCUT2D eigenvalue weighted by molar-refractivity contribution is 5.79. The summed E-state index contributed by atoms with van der Waals surface area (Å²) in [5.74, 6) is -0.236. The molecule has 1 atom stereocenters. The second-order valence-corrected chi connectivity index (χ2v) is 2.65. The predicted molar refractivity (Wildman–Crippen MR) is 46.2 cm³/mol. The summed E-state index contributed by atoms with van der Waals surface area (Å²) in [5, 5.41) is 3.04. The lowest BCUT2D eigenvalue weighted by molar-refractivity contribution is -0.120. The number of hydrogen-bond donors (Lipinski definition) is 2. The van der Waals surface area contributed by atoms with Gasteiger partial charge in [0.25, 0.3) is 0 Å². The molecule has 3 nitrogen and oxygen atoms in total.